The number of fused-ring (bicyclic) bond motifs is 10. The van der Waals surface area contributed by atoms with E-state index < -0.39 is 0 Å². The fourth-order valence-electron chi connectivity index (χ4n) is 9.28. The first-order valence-corrected chi connectivity index (χ1v) is 21.4. The summed E-state index contributed by atoms with van der Waals surface area (Å²) in [5.74, 6) is 0.589. The van der Waals surface area contributed by atoms with Crippen molar-refractivity contribution in [3.8, 4) is 16.8 Å². The van der Waals surface area contributed by atoms with Crippen LogP contribution < -0.4 is 0 Å². The van der Waals surface area contributed by atoms with Crippen molar-refractivity contribution in [1.29, 1.82) is 0 Å². The Morgan fingerprint density at radius 1 is 0.556 bits per heavy atom. The molecule has 3 aromatic heterocycles. The van der Waals surface area contributed by atoms with Crippen molar-refractivity contribution in [2.75, 3.05) is 0 Å². The number of furan rings is 2. The zero-order valence-electron chi connectivity index (χ0n) is 34.3. The maximum atomic E-state index is 6.93. The van der Waals surface area contributed by atoms with Gasteiger partial charge >= 0.3 is 0 Å². The largest absolute Gasteiger partial charge is 0.456 e. The van der Waals surface area contributed by atoms with Gasteiger partial charge in [-0.25, -0.2) is 9.98 Å². The highest BCUT2D eigenvalue weighted by molar-refractivity contribution is 6.25. The first-order chi connectivity index (χ1) is 31.2. The van der Waals surface area contributed by atoms with Crippen LogP contribution in [-0.4, -0.2) is 16.6 Å². The molecule has 3 heterocycles. The molecule has 1 aliphatic carbocycles. The third kappa shape index (κ3) is 6.24. The minimum Gasteiger partial charge on any atom is -0.456 e. The molecule has 0 saturated heterocycles. The molecule has 11 aromatic rings. The van der Waals surface area contributed by atoms with E-state index in [0.717, 1.165) is 123 Å². The average Bonchev–Trinajstić information content (AvgIpc) is 4.01. The van der Waals surface area contributed by atoms with Gasteiger partial charge in [-0.3, -0.25) is 0 Å². The fourth-order valence-corrected chi connectivity index (χ4v) is 9.28. The number of aliphatic imine (C=N–C) groups is 2. The summed E-state index contributed by atoms with van der Waals surface area (Å²) in [5, 5.41) is 6.51. The summed E-state index contributed by atoms with van der Waals surface area (Å²) in [4.78, 5) is 10.1. The maximum Gasteiger partial charge on any atom is 0.159 e. The summed E-state index contributed by atoms with van der Waals surface area (Å²) in [6.45, 7) is 4.62. The minimum absolute atomic E-state index is 0.589. The van der Waals surface area contributed by atoms with E-state index in [2.05, 4.69) is 126 Å². The van der Waals surface area contributed by atoms with E-state index in [1.807, 2.05) is 85.1 Å². The standard InChI is InChI=1S/C58H39N3O2/c1-37(60-58(41-24-12-5-13-25-41)59-36-38-18-6-2-7-19-38)42-32-46(39-20-8-3-9-21-39)56(47(33-42)40-22-10-4-11-23-40)61-50-28-16-14-27-45(50)55-51(61)31-30-44-49-34-48-43-26-15-17-29-52(43)62-53(48)35-54(49)63-57(44)55/h2-3,5-10,12-36H,1,4,11H2/b59-36+,60-58-. The summed E-state index contributed by atoms with van der Waals surface area (Å²) < 4.78 is 15.7. The molecule has 0 unspecified atom stereocenters. The first kappa shape index (κ1) is 36.6. The van der Waals surface area contributed by atoms with Gasteiger partial charge in [-0.1, -0.05) is 152 Å². The molecular weight excluding hydrogens is 771 g/mol. The molecule has 0 bridgehead atoms. The molecule has 12 rings (SSSR count). The Kier molecular flexibility index (Phi) is 8.71. The Balaban J connectivity index is 1.12. The second-order valence-electron chi connectivity index (χ2n) is 16.1. The van der Waals surface area contributed by atoms with Gasteiger partial charge in [0.15, 0.2) is 5.84 Å². The molecule has 0 radical (unpaired) electrons. The van der Waals surface area contributed by atoms with Crippen molar-refractivity contribution < 1.29 is 8.83 Å². The van der Waals surface area contributed by atoms with E-state index in [0.29, 0.717) is 11.5 Å². The van der Waals surface area contributed by atoms with Gasteiger partial charge in [0, 0.05) is 61.5 Å². The van der Waals surface area contributed by atoms with Crippen LogP contribution >= 0.6 is 0 Å². The number of allylic oxidation sites excluding steroid dienone is 4. The Hall–Kier alpha value is -8.28. The molecule has 0 saturated carbocycles. The number of amidine groups is 1. The van der Waals surface area contributed by atoms with Gasteiger partial charge in [0.2, 0.25) is 0 Å². The van der Waals surface area contributed by atoms with E-state index in [1.54, 1.807) is 0 Å². The number of para-hydroxylation sites is 2. The van der Waals surface area contributed by atoms with E-state index in [9.17, 15) is 0 Å². The molecule has 63 heavy (non-hydrogen) atoms. The van der Waals surface area contributed by atoms with Gasteiger partial charge in [0.25, 0.3) is 0 Å². The summed E-state index contributed by atoms with van der Waals surface area (Å²) in [6, 6.07) is 61.0. The molecule has 1 aliphatic rings. The van der Waals surface area contributed by atoms with Crippen molar-refractivity contribution in [2.24, 2.45) is 9.98 Å². The van der Waals surface area contributed by atoms with Crippen LogP contribution in [0.5, 0.6) is 0 Å². The number of hydrogen-bond donors (Lipinski definition) is 0. The zero-order chi connectivity index (χ0) is 41.9. The second-order valence-corrected chi connectivity index (χ2v) is 16.1. The van der Waals surface area contributed by atoms with Crippen molar-refractivity contribution in [1.82, 2.24) is 4.57 Å². The number of aromatic nitrogens is 1. The van der Waals surface area contributed by atoms with Crippen molar-refractivity contribution in [2.45, 2.75) is 12.8 Å². The molecule has 8 aromatic carbocycles. The molecule has 298 valence electrons. The molecule has 0 spiro atoms. The first-order valence-electron chi connectivity index (χ1n) is 21.4. The topological polar surface area (TPSA) is 55.9 Å². The highest BCUT2D eigenvalue weighted by atomic mass is 16.3. The molecule has 5 nitrogen and oxygen atoms in total. The number of rotatable bonds is 7. The van der Waals surface area contributed by atoms with E-state index in [1.165, 1.54) is 0 Å². The van der Waals surface area contributed by atoms with Crippen LogP contribution in [0.15, 0.2) is 220 Å². The predicted octanol–water partition coefficient (Wildman–Crippen LogP) is 15.5. The summed E-state index contributed by atoms with van der Waals surface area (Å²) in [6.07, 6.45) is 10.7. The molecule has 0 fully saturated rings. The number of nitrogens with zero attached hydrogens (tertiary/aromatic N) is 3. The van der Waals surface area contributed by atoms with Crippen molar-refractivity contribution in [3.05, 3.63) is 223 Å². The SMILES string of the molecule is C=C(/N=C(\N=C\c1ccccc1)c1ccccc1)c1cc(C2=CCCC=C2)c(-n2c3ccccc3c3c4oc5cc6oc7ccccc7c6cc5c4ccc32)c(-c2ccccc2)c1. The van der Waals surface area contributed by atoms with Gasteiger partial charge in [-0.15, -0.1) is 0 Å². The highest BCUT2D eigenvalue weighted by Crippen LogP contribution is 2.46. The third-order valence-electron chi connectivity index (χ3n) is 12.2. The van der Waals surface area contributed by atoms with Crippen molar-refractivity contribution >= 4 is 89.0 Å². The lowest BCUT2D eigenvalue weighted by atomic mass is 9.90. The Morgan fingerprint density at radius 3 is 2.06 bits per heavy atom. The van der Waals surface area contributed by atoms with Crippen LogP contribution in [0.1, 0.15) is 35.1 Å². The lowest BCUT2D eigenvalue weighted by molar-refractivity contribution is 0.658. The average molecular weight is 810 g/mol. The summed E-state index contributed by atoms with van der Waals surface area (Å²) >= 11 is 0. The van der Waals surface area contributed by atoms with Gasteiger partial charge in [0.05, 0.1) is 27.8 Å². The molecular formula is C58H39N3O2. The predicted molar refractivity (Wildman–Crippen MR) is 263 cm³/mol. The molecule has 0 amide bonds. The zero-order valence-corrected chi connectivity index (χ0v) is 34.3. The van der Waals surface area contributed by atoms with Gasteiger partial charge in [-0.2, -0.15) is 0 Å². The minimum atomic E-state index is 0.589. The Bertz CT molecular complexity index is 3730. The Morgan fingerprint density at radius 2 is 1.25 bits per heavy atom. The van der Waals surface area contributed by atoms with Crippen LogP contribution in [-0.2, 0) is 0 Å². The van der Waals surface area contributed by atoms with Crippen molar-refractivity contribution in [3.63, 3.8) is 0 Å². The van der Waals surface area contributed by atoms with Gasteiger partial charge < -0.3 is 13.4 Å². The molecule has 0 N–H and O–H groups in total. The fraction of sp³-hybridized carbons (Fsp3) is 0.0345. The molecule has 0 atom stereocenters. The van der Waals surface area contributed by atoms with E-state index in [-0.39, 0.29) is 0 Å². The maximum absolute atomic E-state index is 6.93. The van der Waals surface area contributed by atoms with Crippen LogP contribution in [0, 0.1) is 0 Å². The van der Waals surface area contributed by atoms with Gasteiger partial charge in [-0.05, 0) is 72.0 Å². The lowest BCUT2D eigenvalue weighted by Gasteiger charge is -2.22. The highest BCUT2D eigenvalue weighted by Gasteiger charge is 2.25. The number of benzene rings is 8. The number of hydrogen-bond acceptors (Lipinski definition) is 3. The smallest absolute Gasteiger partial charge is 0.159 e. The van der Waals surface area contributed by atoms with E-state index >= 15 is 0 Å². The third-order valence-corrected chi connectivity index (χ3v) is 12.2. The van der Waals surface area contributed by atoms with Gasteiger partial charge in [0.1, 0.15) is 22.3 Å². The van der Waals surface area contributed by atoms with Crippen LogP contribution in [0.3, 0.4) is 0 Å². The quantitative estimate of drug-likeness (QED) is 0.119. The summed E-state index contributed by atoms with van der Waals surface area (Å²) in [7, 11) is 0. The monoisotopic (exact) mass is 809 g/mol. The van der Waals surface area contributed by atoms with Crippen LogP contribution in [0.2, 0.25) is 0 Å². The second kappa shape index (κ2) is 15.0. The van der Waals surface area contributed by atoms with E-state index in [4.69, 9.17) is 18.8 Å². The summed E-state index contributed by atoms with van der Waals surface area (Å²) in [5.41, 5.74) is 14.4. The van der Waals surface area contributed by atoms with Crippen LogP contribution in [0.4, 0.5) is 0 Å². The van der Waals surface area contributed by atoms with Crippen LogP contribution in [0.25, 0.3) is 93.8 Å². The Labute approximate surface area is 363 Å². The molecule has 5 heteroatoms. The lowest BCUT2D eigenvalue weighted by Crippen LogP contribution is -2.05. The molecule has 0 aliphatic heterocycles. The normalized spacial score (nSPS) is 13.4.